The van der Waals surface area contributed by atoms with Crippen LogP contribution in [0.25, 0.3) is 0 Å². The summed E-state index contributed by atoms with van der Waals surface area (Å²) in [6.45, 7) is 0.239. The molecule has 0 atom stereocenters. The molecule has 9 heteroatoms. The Morgan fingerprint density at radius 2 is 1.91 bits per heavy atom. The van der Waals surface area contributed by atoms with Crippen molar-refractivity contribution in [2.24, 2.45) is 0 Å². The van der Waals surface area contributed by atoms with E-state index >= 15 is 0 Å². The minimum Gasteiger partial charge on any atom is -0.463 e. The van der Waals surface area contributed by atoms with Crippen LogP contribution in [0.5, 0.6) is 0 Å². The largest absolute Gasteiger partial charge is 0.463 e. The molecule has 0 radical (unpaired) electrons. The highest BCUT2D eigenvalue weighted by Gasteiger charge is 2.21. The van der Waals surface area contributed by atoms with Crippen molar-refractivity contribution in [3.8, 4) is 0 Å². The van der Waals surface area contributed by atoms with Crippen molar-refractivity contribution < 1.29 is 14.3 Å². The van der Waals surface area contributed by atoms with Crippen molar-refractivity contribution in [3.05, 3.63) is 33.8 Å². The average Bonchev–Trinajstić information content (AvgIpc) is 2.47. The first kappa shape index (κ1) is 19.7. The van der Waals surface area contributed by atoms with E-state index in [2.05, 4.69) is 0 Å². The molecule has 122 valence electrons. The summed E-state index contributed by atoms with van der Waals surface area (Å²) in [5.74, 6) is -1.35. The van der Waals surface area contributed by atoms with Gasteiger partial charge in [0.1, 0.15) is 12.5 Å². The number of carbonyl (C=O) groups is 2. The molecular weight excluding hydrogens is 395 g/mol. The molecule has 0 unspecified atom stereocenters. The molecule has 1 amide bonds. The van der Waals surface area contributed by atoms with Gasteiger partial charge < -0.3 is 9.64 Å². The summed E-state index contributed by atoms with van der Waals surface area (Å²) in [4.78, 5) is 23.1. The van der Waals surface area contributed by atoms with Crippen LogP contribution in [0.15, 0.2) is 18.2 Å². The number of halogens is 5. The molecule has 0 fully saturated rings. The van der Waals surface area contributed by atoms with Crippen LogP contribution in [0.3, 0.4) is 0 Å². The van der Waals surface area contributed by atoms with Gasteiger partial charge in [-0.15, -0.1) is 11.6 Å². The third kappa shape index (κ3) is 6.39. The maximum Gasteiger partial charge on any atom is 0.320 e. The third-order valence-corrected chi connectivity index (χ3v) is 3.79. The summed E-state index contributed by atoms with van der Waals surface area (Å²) < 4.78 is 4.83. The first-order valence-corrected chi connectivity index (χ1v) is 8.24. The molecule has 4 nitrogen and oxygen atoms in total. The molecule has 0 aliphatic heterocycles. The van der Waals surface area contributed by atoms with Crippen molar-refractivity contribution in [1.29, 1.82) is 0 Å². The molecule has 22 heavy (non-hydrogen) atoms. The number of nitrogens with zero attached hydrogens (tertiary/aromatic N) is 1. The number of amides is 1. The predicted molar refractivity (Wildman–Crippen MR) is 89.1 cm³/mol. The van der Waals surface area contributed by atoms with Gasteiger partial charge in [-0.25, -0.2) is 0 Å². The Morgan fingerprint density at radius 1 is 1.23 bits per heavy atom. The molecule has 0 N–H and O–H groups in total. The minimum absolute atomic E-state index is 0.0248. The van der Waals surface area contributed by atoms with E-state index in [1.807, 2.05) is 0 Å². The number of ether oxygens (including phenoxy) is 1. The fraction of sp³-hybridized carbons (Fsp3) is 0.385. The lowest BCUT2D eigenvalue weighted by Gasteiger charge is -2.23. The Balaban J connectivity index is 2.77. The molecule has 0 saturated heterocycles. The van der Waals surface area contributed by atoms with E-state index in [1.165, 1.54) is 4.90 Å². The molecule has 0 heterocycles. The molecule has 0 aliphatic carbocycles. The Bertz CT molecular complexity index is 538. The number of benzene rings is 1. The number of alkyl halides is 3. The first-order chi connectivity index (χ1) is 10.3. The molecule has 1 aromatic rings. The van der Waals surface area contributed by atoms with Crippen LogP contribution in [0.2, 0.25) is 10.0 Å². The SMILES string of the molecule is O=C(CCl)OCCN(Cc1ccc(Cl)cc1Cl)C(=O)C(Cl)Cl. The Hall–Kier alpha value is -0.390. The summed E-state index contributed by atoms with van der Waals surface area (Å²) in [6, 6.07) is 4.90. The van der Waals surface area contributed by atoms with E-state index < -0.39 is 16.7 Å². The Labute approximate surface area is 153 Å². The van der Waals surface area contributed by atoms with Gasteiger partial charge >= 0.3 is 5.97 Å². The van der Waals surface area contributed by atoms with Gasteiger partial charge in [0.05, 0.1) is 6.54 Å². The quantitative estimate of drug-likeness (QED) is 0.509. The van der Waals surface area contributed by atoms with Crippen LogP contribution in [0.4, 0.5) is 0 Å². The van der Waals surface area contributed by atoms with Crippen molar-refractivity contribution >= 4 is 69.9 Å². The minimum atomic E-state index is -1.23. The Morgan fingerprint density at radius 3 is 2.45 bits per heavy atom. The molecule has 0 aromatic heterocycles. The maximum absolute atomic E-state index is 12.0. The van der Waals surface area contributed by atoms with E-state index in [1.54, 1.807) is 18.2 Å². The van der Waals surface area contributed by atoms with Crippen LogP contribution in [0.1, 0.15) is 5.56 Å². The lowest BCUT2D eigenvalue weighted by molar-refractivity contribution is -0.143. The number of carbonyl (C=O) groups excluding carboxylic acids is 2. The zero-order valence-electron chi connectivity index (χ0n) is 11.2. The van der Waals surface area contributed by atoms with Crippen LogP contribution < -0.4 is 0 Å². The van der Waals surface area contributed by atoms with E-state index in [-0.39, 0.29) is 25.6 Å². The highest BCUT2D eigenvalue weighted by atomic mass is 35.5. The lowest BCUT2D eigenvalue weighted by atomic mass is 10.2. The standard InChI is InChI=1S/C13H12Cl5NO3/c14-6-11(20)22-4-3-19(13(21)12(17)18)7-8-1-2-9(15)5-10(8)16/h1-2,5,12H,3-4,6-7H2. The highest BCUT2D eigenvalue weighted by molar-refractivity contribution is 6.53. The van der Waals surface area contributed by atoms with Crippen molar-refractivity contribution in [1.82, 2.24) is 4.90 Å². The van der Waals surface area contributed by atoms with E-state index in [0.29, 0.717) is 15.6 Å². The van der Waals surface area contributed by atoms with Crippen LogP contribution >= 0.6 is 58.0 Å². The fourth-order valence-electron chi connectivity index (χ4n) is 1.57. The zero-order chi connectivity index (χ0) is 16.7. The monoisotopic (exact) mass is 405 g/mol. The van der Waals surface area contributed by atoms with Crippen molar-refractivity contribution in [2.75, 3.05) is 19.0 Å². The fourth-order valence-corrected chi connectivity index (χ4v) is 2.39. The summed E-state index contributed by atoms with van der Waals surface area (Å²) in [5, 5.41) is 0.888. The molecular formula is C13H12Cl5NO3. The van der Waals surface area contributed by atoms with Crippen LogP contribution in [0, 0.1) is 0 Å². The summed E-state index contributed by atoms with van der Waals surface area (Å²) in [6.07, 6.45) is 0. The van der Waals surface area contributed by atoms with Crippen molar-refractivity contribution in [2.45, 2.75) is 11.4 Å². The average molecular weight is 408 g/mol. The number of rotatable bonds is 7. The molecule has 0 saturated carbocycles. The number of hydrogen-bond acceptors (Lipinski definition) is 3. The maximum atomic E-state index is 12.0. The van der Waals surface area contributed by atoms with E-state index in [4.69, 9.17) is 62.7 Å². The van der Waals surface area contributed by atoms with Gasteiger partial charge in [0.2, 0.25) is 0 Å². The van der Waals surface area contributed by atoms with Crippen molar-refractivity contribution in [3.63, 3.8) is 0 Å². The first-order valence-electron chi connectivity index (χ1n) is 6.07. The summed E-state index contributed by atoms with van der Waals surface area (Å²) in [5.41, 5.74) is 0.664. The predicted octanol–water partition coefficient (Wildman–Crippen LogP) is 3.91. The number of hydrogen-bond donors (Lipinski definition) is 0. The second-order valence-corrected chi connectivity index (χ2v) is 6.36. The smallest absolute Gasteiger partial charge is 0.320 e. The van der Waals surface area contributed by atoms with Gasteiger partial charge in [-0.1, -0.05) is 52.5 Å². The zero-order valence-corrected chi connectivity index (χ0v) is 15.0. The third-order valence-electron chi connectivity index (χ3n) is 2.61. The second kappa shape index (κ2) is 9.68. The van der Waals surface area contributed by atoms with E-state index in [0.717, 1.165) is 0 Å². The topological polar surface area (TPSA) is 46.6 Å². The summed E-state index contributed by atoms with van der Waals surface area (Å²) >= 11 is 28.4. The summed E-state index contributed by atoms with van der Waals surface area (Å²) in [7, 11) is 0. The number of esters is 1. The van der Waals surface area contributed by atoms with Gasteiger partial charge in [0.25, 0.3) is 5.91 Å². The normalized spacial score (nSPS) is 10.6. The van der Waals surface area contributed by atoms with Gasteiger partial charge in [0, 0.05) is 16.6 Å². The second-order valence-electron chi connectivity index (χ2n) is 4.15. The van der Waals surface area contributed by atoms with Gasteiger partial charge in [-0.05, 0) is 17.7 Å². The molecule has 1 rings (SSSR count). The lowest BCUT2D eigenvalue weighted by Crippen LogP contribution is -2.37. The molecule has 0 aliphatic rings. The van der Waals surface area contributed by atoms with Gasteiger partial charge in [-0.3, -0.25) is 9.59 Å². The van der Waals surface area contributed by atoms with Crippen LogP contribution in [-0.4, -0.2) is 40.6 Å². The van der Waals surface area contributed by atoms with Gasteiger partial charge in [0.15, 0.2) is 4.84 Å². The van der Waals surface area contributed by atoms with Gasteiger partial charge in [-0.2, -0.15) is 0 Å². The Kier molecular flexibility index (Phi) is 8.65. The van der Waals surface area contributed by atoms with Crippen LogP contribution in [-0.2, 0) is 20.9 Å². The van der Waals surface area contributed by atoms with E-state index in [9.17, 15) is 9.59 Å². The molecule has 0 bridgehead atoms. The highest BCUT2D eigenvalue weighted by Crippen LogP contribution is 2.23. The molecule has 1 aromatic carbocycles. The molecule has 0 spiro atoms.